The average Bonchev–Trinajstić information content (AvgIpc) is 2.29. The van der Waals surface area contributed by atoms with Crippen molar-refractivity contribution in [2.24, 2.45) is 5.73 Å². The predicted molar refractivity (Wildman–Crippen MR) is 80.0 cm³/mol. The molecule has 0 spiro atoms. The molecule has 4 N–H and O–H groups in total. The van der Waals surface area contributed by atoms with Gasteiger partial charge in [-0.2, -0.15) is 0 Å². The number of carbonyl (C=O) groups excluding carboxylic acids is 1. The Morgan fingerprint density at radius 1 is 1.45 bits per heavy atom. The van der Waals surface area contributed by atoms with Gasteiger partial charge in [-0.3, -0.25) is 5.32 Å². The summed E-state index contributed by atoms with van der Waals surface area (Å²) in [7, 11) is 0. The summed E-state index contributed by atoms with van der Waals surface area (Å²) in [6, 6.07) is 4.85. The number of hydrogen-bond acceptors (Lipinski definition) is 4. The number of nitrogens with one attached hydrogen (secondary N) is 1. The Hall–Kier alpha value is -1.75. The van der Waals surface area contributed by atoms with Crippen molar-refractivity contribution in [3.63, 3.8) is 0 Å². The molecule has 1 aromatic rings. The maximum Gasteiger partial charge on any atom is 0.412 e. The van der Waals surface area contributed by atoms with Gasteiger partial charge in [-0.15, -0.1) is 0 Å². The van der Waals surface area contributed by atoms with Gasteiger partial charge in [0.05, 0.1) is 0 Å². The fraction of sp³-hybridized carbons (Fsp3) is 0.533. The molecular weight excluding hydrogens is 256 g/mol. The number of ether oxygens (including phenoxy) is 1. The first-order chi connectivity index (χ1) is 9.23. The summed E-state index contributed by atoms with van der Waals surface area (Å²) in [5, 5.41) is 12.3. The topological polar surface area (TPSA) is 84.6 Å². The Kier molecular flexibility index (Phi) is 5.39. The van der Waals surface area contributed by atoms with E-state index in [4.69, 9.17) is 10.5 Å². The summed E-state index contributed by atoms with van der Waals surface area (Å²) >= 11 is 0. The van der Waals surface area contributed by atoms with E-state index in [2.05, 4.69) is 5.32 Å². The van der Waals surface area contributed by atoms with E-state index in [-0.39, 0.29) is 11.7 Å². The van der Waals surface area contributed by atoms with Crippen LogP contribution in [0.5, 0.6) is 5.75 Å². The fourth-order valence-corrected chi connectivity index (χ4v) is 1.89. The Morgan fingerprint density at radius 2 is 2.10 bits per heavy atom. The Bertz CT molecular complexity index is 467. The summed E-state index contributed by atoms with van der Waals surface area (Å²) in [5.41, 5.74) is 6.50. The standard InChI is InChI=1S/C15H24N2O3/c1-10(7-8-16)12-9-11(18)5-6-13(12)17-14(19)20-15(2,3)4/h5-6,9-10,18H,7-8,16H2,1-4H3,(H,17,19). The molecule has 1 amide bonds. The molecule has 5 heteroatoms. The zero-order chi connectivity index (χ0) is 15.3. The van der Waals surface area contributed by atoms with Crippen molar-refractivity contribution in [2.75, 3.05) is 11.9 Å². The normalized spacial score (nSPS) is 12.8. The summed E-state index contributed by atoms with van der Waals surface area (Å²) in [5.74, 6) is 0.302. The molecule has 0 aliphatic heterocycles. The molecule has 1 rings (SSSR count). The van der Waals surface area contributed by atoms with E-state index in [0.29, 0.717) is 12.2 Å². The van der Waals surface area contributed by atoms with Crippen LogP contribution in [0, 0.1) is 0 Å². The number of anilines is 1. The zero-order valence-electron chi connectivity index (χ0n) is 12.6. The van der Waals surface area contributed by atoms with Gasteiger partial charge in [0.2, 0.25) is 0 Å². The molecule has 0 aliphatic carbocycles. The lowest BCUT2D eigenvalue weighted by molar-refractivity contribution is 0.0635. The van der Waals surface area contributed by atoms with Gasteiger partial charge in [0.25, 0.3) is 0 Å². The van der Waals surface area contributed by atoms with Crippen LogP contribution in [0.2, 0.25) is 0 Å². The van der Waals surface area contributed by atoms with E-state index in [0.717, 1.165) is 12.0 Å². The third-order valence-corrected chi connectivity index (χ3v) is 2.80. The molecule has 0 bridgehead atoms. The van der Waals surface area contributed by atoms with Crippen LogP contribution in [-0.2, 0) is 4.74 Å². The van der Waals surface area contributed by atoms with Gasteiger partial charge in [-0.05, 0) is 63.4 Å². The second-order valence-corrected chi connectivity index (χ2v) is 5.88. The molecule has 0 aliphatic rings. The lowest BCUT2D eigenvalue weighted by Crippen LogP contribution is -2.27. The minimum absolute atomic E-state index is 0.136. The predicted octanol–water partition coefficient (Wildman–Crippen LogP) is 3.19. The van der Waals surface area contributed by atoms with E-state index >= 15 is 0 Å². The van der Waals surface area contributed by atoms with Crippen LogP contribution in [0.3, 0.4) is 0 Å². The highest BCUT2D eigenvalue weighted by Crippen LogP contribution is 2.30. The molecule has 0 radical (unpaired) electrons. The summed E-state index contributed by atoms with van der Waals surface area (Å²) in [6.45, 7) is 7.97. The molecule has 1 unspecified atom stereocenters. The molecule has 112 valence electrons. The Morgan fingerprint density at radius 3 is 2.65 bits per heavy atom. The monoisotopic (exact) mass is 280 g/mol. The SMILES string of the molecule is CC(CCN)c1cc(O)ccc1NC(=O)OC(C)(C)C. The quantitative estimate of drug-likeness (QED) is 0.739. The van der Waals surface area contributed by atoms with Gasteiger partial charge in [-0.25, -0.2) is 4.79 Å². The number of amides is 1. The van der Waals surface area contributed by atoms with Crippen LogP contribution in [0.25, 0.3) is 0 Å². The number of aromatic hydroxyl groups is 1. The minimum atomic E-state index is -0.552. The van der Waals surface area contributed by atoms with Crippen molar-refractivity contribution in [3.8, 4) is 5.75 Å². The summed E-state index contributed by atoms with van der Waals surface area (Å²) in [6.07, 6.45) is 0.260. The number of hydrogen-bond donors (Lipinski definition) is 3. The molecule has 1 aromatic carbocycles. The maximum absolute atomic E-state index is 11.8. The highest BCUT2D eigenvalue weighted by Gasteiger charge is 2.18. The number of carbonyl (C=O) groups is 1. The van der Waals surface area contributed by atoms with Gasteiger partial charge in [0, 0.05) is 5.69 Å². The van der Waals surface area contributed by atoms with Crippen molar-refractivity contribution >= 4 is 11.8 Å². The smallest absolute Gasteiger partial charge is 0.412 e. The summed E-state index contributed by atoms with van der Waals surface area (Å²) < 4.78 is 5.23. The maximum atomic E-state index is 11.8. The van der Waals surface area contributed by atoms with Crippen LogP contribution in [-0.4, -0.2) is 23.3 Å². The molecule has 0 fully saturated rings. The minimum Gasteiger partial charge on any atom is -0.508 e. The van der Waals surface area contributed by atoms with Gasteiger partial charge in [0.15, 0.2) is 0 Å². The summed E-state index contributed by atoms with van der Waals surface area (Å²) in [4.78, 5) is 11.8. The third kappa shape index (κ3) is 5.09. The van der Waals surface area contributed by atoms with Crippen LogP contribution >= 0.6 is 0 Å². The first kappa shape index (κ1) is 16.3. The Balaban J connectivity index is 2.91. The van der Waals surface area contributed by atoms with Crippen molar-refractivity contribution in [3.05, 3.63) is 23.8 Å². The average molecular weight is 280 g/mol. The van der Waals surface area contributed by atoms with Gasteiger partial charge in [0.1, 0.15) is 11.4 Å². The van der Waals surface area contributed by atoms with Crippen molar-refractivity contribution in [1.29, 1.82) is 0 Å². The second kappa shape index (κ2) is 6.61. The van der Waals surface area contributed by atoms with Gasteiger partial charge >= 0.3 is 6.09 Å². The van der Waals surface area contributed by atoms with E-state index in [1.54, 1.807) is 32.9 Å². The second-order valence-electron chi connectivity index (χ2n) is 5.88. The molecule has 0 heterocycles. The largest absolute Gasteiger partial charge is 0.508 e. The van der Waals surface area contributed by atoms with Crippen molar-refractivity contribution in [2.45, 2.75) is 45.6 Å². The molecule has 0 saturated carbocycles. The number of phenolic OH excluding ortho intramolecular Hbond substituents is 1. The first-order valence-corrected chi connectivity index (χ1v) is 6.76. The first-order valence-electron chi connectivity index (χ1n) is 6.76. The molecule has 0 saturated heterocycles. The van der Waals surface area contributed by atoms with E-state index in [9.17, 15) is 9.90 Å². The van der Waals surface area contributed by atoms with Gasteiger partial charge in [-0.1, -0.05) is 6.92 Å². The molecule has 20 heavy (non-hydrogen) atoms. The highest BCUT2D eigenvalue weighted by molar-refractivity contribution is 5.86. The van der Waals surface area contributed by atoms with E-state index in [1.807, 2.05) is 6.92 Å². The number of rotatable bonds is 4. The third-order valence-electron chi connectivity index (χ3n) is 2.80. The van der Waals surface area contributed by atoms with Crippen LogP contribution in [0.15, 0.2) is 18.2 Å². The Labute approximate surface area is 120 Å². The number of phenols is 1. The van der Waals surface area contributed by atoms with E-state index in [1.165, 1.54) is 6.07 Å². The molecular formula is C15H24N2O3. The van der Waals surface area contributed by atoms with Crippen LogP contribution in [0.1, 0.15) is 45.6 Å². The van der Waals surface area contributed by atoms with Crippen LogP contribution < -0.4 is 11.1 Å². The van der Waals surface area contributed by atoms with Crippen molar-refractivity contribution in [1.82, 2.24) is 0 Å². The van der Waals surface area contributed by atoms with Crippen molar-refractivity contribution < 1.29 is 14.6 Å². The lowest BCUT2D eigenvalue weighted by atomic mass is 9.96. The lowest BCUT2D eigenvalue weighted by Gasteiger charge is -2.21. The van der Waals surface area contributed by atoms with Crippen LogP contribution in [0.4, 0.5) is 10.5 Å². The zero-order valence-corrected chi connectivity index (χ0v) is 12.6. The molecule has 0 aromatic heterocycles. The fourth-order valence-electron chi connectivity index (χ4n) is 1.89. The number of benzene rings is 1. The molecule has 5 nitrogen and oxygen atoms in total. The number of nitrogens with two attached hydrogens (primary N) is 1. The molecule has 1 atom stereocenters. The highest BCUT2D eigenvalue weighted by atomic mass is 16.6. The van der Waals surface area contributed by atoms with Gasteiger partial charge < -0.3 is 15.6 Å². The van der Waals surface area contributed by atoms with E-state index < -0.39 is 11.7 Å².